The van der Waals surface area contributed by atoms with Crippen molar-refractivity contribution in [1.29, 1.82) is 5.41 Å². The number of nitrogens with zero attached hydrogens (tertiary/aromatic N) is 4. The minimum absolute atomic E-state index is 0.0692. The van der Waals surface area contributed by atoms with E-state index in [2.05, 4.69) is 38.9 Å². The summed E-state index contributed by atoms with van der Waals surface area (Å²) >= 11 is 1.65. The molecular formula is C29H29FN6OS. The predicted molar refractivity (Wildman–Crippen MR) is 148 cm³/mol. The lowest BCUT2D eigenvalue weighted by atomic mass is 9.87. The number of para-hydroxylation sites is 1. The Morgan fingerprint density at radius 3 is 2.68 bits per heavy atom. The lowest BCUT2D eigenvalue weighted by molar-refractivity contribution is 0.265. The highest BCUT2D eigenvalue weighted by Crippen LogP contribution is 2.66. The third-order valence-electron chi connectivity index (χ3n) is 7.69. The molecule has 1 aliphatic heterocycles. The van der Waals surface area contributed by atoms with Crippen LogP contribution in [-0.2, 0) is 12.5 Å². The minimum atomic E-state index is -0.276. The number of anilines is 2. The number of piperidine rings is 1. The Balaban J connectivity index is 1.29. The van der Waals surface area contributed by atoms with Gasteiger partial charge in [0.2, 0.25) is 0 Å². The van der Waals surface area contributed by atoms with Crippen LogP contribution in [0, 0.1) is 30.0 Å². The van der Waals surface area contributed by atoms with Crippen molar-refractivity contribution in [3.8, 4) is 5.75 Å². The maximum absolute atomic E-state index is 13.4. The van der Waals surface area contributed by atoms with Gasteiger partial charge in [0.25, 0.3) is 0 Å². The average molecular weight is 529 g/mol. The summed E-state index contributed by atoms with van der Waals surface area (Å²) in [4.78, 5) is 1.58. The molecule has 2 aliphatic rings. The normalized spacial score (nSPS) is 22.2. The first kappa shape index (κ1) is 24.6. The first-order chi connectivity index (χ1) is 18.5. The molecule has 2 fully saturated rings. The Labute approximate surface area is 225 Å². The van der Waals surface area contributed by atoms with Gasteiger partial charge in [-0.1, -0.05) is 18.2 Å². The second-order valence-electron chi connectivity index (χ2n) is 9.99. The second-order valence-corrected chi connectivity index (χ2v) is 11.1. The molecule has 3 aromatic carbocycles. The minimum Gasteiger partial charge on any atom is -0.493 e. The van der Waals surface area contributed by atoms with Crippen LogP contribution in [0.15, 0.2) is 78.0 Å². The Morgan fingerprint density at radius 1 is 1.18 bits per heavy atom. The Morgan fingerprint density at radius 2 is 1.97 bits per heavy atom. The Hall–Kier alpha value is -3.69. The largest absolute Gasteiger partial charge is 0.493 e. The maximum Gasteiger partial charge on any atom is 0.153 e. The lowest BCUT2D eigenvalue weighted by Crippen LogP contribution is -2.27. The van der Waals surface area contributed by atoms with Crippen LogP contribution >= 0.6 is 11.9 Å². The van der Waals surface area contributed by atoms with Crippen LogP contribution < -0.4 is 10.1 Å². The molecule has 3 atom stereocenters. The smallest absolute Gasteiger partial charge is 0.153 e. The monoisotopic (exact) mass is 528 g/mol. The molecule has 7 nitrogen and oxygen atoms in total. The molecule has 0 radical (unpaired) electrons. The van der Waals surface area contributed by atoms with Gasteiger partial charge in [-0.05, 0) is 84.4 Å². The fourth-order valence-corrected chi connectivity index (χ4v) is 6.90. The van der Waals surface area contributed by atoms with E-state index in [1.807, 2.05) is 37.4 Å². The van der Waals surface area contributed by atoms with Crippen LogP contribution in [0.25, 0.3) is 0 Å². The highest BCUT2D eigenvalue weighted by Gasteiger charge is 2.70. The highest BCUT2D eigenvalue weighted by molar-refractivity contribution is 7.97. The number of aromatic nitrogens is 3. The number of rotatable bonds is 9. The number of fused-ring (bicyclic) bond motifs is 1. The molecule has 2 N–H and O–H groups in total. The SMILES string of the molecule is Cc1cc(Nc2ccc(F)cc2)c(C=N)cc1C12CN(Sc3cnn(C)n3)CC1C2COc1ccccc1. The molecule has 0 amide bonds. The molecule has 3 unspecified atom stereocenters. The van der Waals surface area contributed by atoms with Gasteiger partial charge in [0.1, 0.15) is 11.6 Å². The summed E-state index contributed by atoms with van der Waals surface area (Å²) in [5, 5.41) is 21.1. The van der Waals surface area contributed by atoms with Gasteiger partial charge >= 0.3 is 0 Å². The van der Waals surface area contributed by atoms with Crippen LogP contribution in [0.1, 0.15) is 16.7 Å². The van der Waals surface area contributed by atoms with Crippen molar-refractivity contribution < 1.29 is 9.13 Å². The highest BCUT2D eigenvalue weighted by atomic mass is 32.2. The molecule has 1 aromatic heterocycles. The summed E-state index contributed by atoms with van der Waals surface area (Å²) in [5.41, 5.74) is 4.78. The quantitative estimate of drug-likeness (QED) is 0.218. The summed E-state index contributed by atoms with van der Waals surface area (Å²) in [6.45, 7) is 4.58. The zero-order chi connectivity index (χ0) is 26.3. The van der Waals surface area contributed by atoms with Crippen molar-refractivity contribution in [2.45, 2.75) is 17.4 Å². The first-order valence-corrected chi connectivity index (χ1v) is 13.4. The summed E-state index contributed by atoms with van der Waals surface area (Å²) in [6, 6.07) is 20.5. The van der Waals surface area contributed by atoms with E-state index in [4.69, 9.17) is 10.1 Å². The van der Waals surface area contributed by atoms with Gasteiger partial charge < -0.3 is 15.5 Å². The van der Waals surface area contributed by atoms with E-state index in [-0.39, 0.29) is 11.2 Å². The first-order valence-electron chi connectivity index (χ1n) is 12.6. The fraction of sp³-hybridized carbons (Fsp3) is 0.276. The molecule has 9 heteroatoms. The number of benzene rings is 3. The standard InChI is InChI=1S/C29H29FN6OS/c1-19-12-27(33-22-10-8-21(30)9-11-22)20(14-31)13-24(19)29-18-36(38-28-15-32-35(2)34-28)16-25(29)26(29)17-37-23-6-4-3-5-7-23/h3-15,25-26,31,33H,16-18H2,1-2H3. The average Bonchev–Trinajstić information content (AvgIpc) is 3.17. The molecule has 0 spiro atoms. The molecule has 4 aromatic rings. The number of ether oxygens (including phenoxy) is 1. The van der Waals surface area contributed by atoms with E-state index in [1.165, 1.54) is 29.5 Å². The molecule has 38 heavy (non-hydrogen) atoms. The van der Waals surface area contributed by atoms with Crippen molar-refractivity contribution in [3.63, 3.8) is 0 Å². The molecule has 194 valence electrons. The van der Waals surface area contributed by atoms with Crippen molar-refractivity contribution in [2.24, 2.45) is 18.9 Å². The van der Waals surface area contributed by atoms with Gasteiger partial charge in [-0.15, -0.1) is 5.10 Å². The molecule has 1 saturated carbocycles. The van der Waals surface area contributed by atoms with E-state index in [0.29, 0.717) is 18.4 Å². The number of aryl methyl sites for hydroxylation is 2. The van der Waals surface area contributed by atoms with Crippen LogP contribution in [0.5, 0.6) is 5.75 Å². The fourth-order valence-electron chi connectivity index (χ4n) is 5.87. The van der Waals surface area contributed by atoms with Gasteiger partial charge in [0, 0.05) is 54.6 Å². The van der Waals surface area contributed by atoms with Crippen LogP contribution in [0.3, 0.4) is 0 Å². The molecule has 1 aliphatic carbocycles. The van der Waals surface area contributed by atoms with Gasteiger partial charge in [-0.2, -0.15) is 9.90 Å². The third kappa shape index (κ3) is 4.56. The van der Waals surface area contributed by atoms with E-state index < -0.39 is 0 Å². The van der Waals surface area contributed by atoms with E-state index in [1.54, 1.807) is 35.1 Å². The van der Waals surface area contributed by atoms with Crippen molar-refractivity contribution in [1.82, 2.24) is 19.3 Å². The summed E-state index contributed by atoms with van der Waals surface area (Å²) in [6.07, 6.45) is 3.19. The predicted octanol–water partition coefficient (Wildman–Crippen LogP) is 5.59. The van der Waals surface area contributed by atoms with Crippen LogP contribution in [0.2, 0.25) is 0 Å². The van der Waals surface area contributed by atoms with E-state index in [9.17, 15) is 4.39 Å². The van der Waals surface area contributed by atoms with E-state index >= 15 is 0 Å². The number of halogens is 1. The van der Waals surface area contributed by atoms with Crippen LogP contribution in [-0.4, -0.2) is 45.2 Å². The summed E-state index contributed by atoms with van der Waals surface area (Å²) in [5.74, 6) is 1.41. The third-order valence-corrected chi connectivity index (χ3v) is 8.60. The van der Waals surface area contributed by atoms with Crippen molar-refractivity contribution in [2.75, 3.05) is 25.0 Å². The Kier molecular flexibility index (Phi) is 6.41. The lowest BCUT2D eigenvalue weighted by Gasteiger charge is -2.25. The zero-order valence-corrected chi connectivity index (χ0v) is 22.1. The van der Waals surface area contributed by atoms with Gasteiger partial charge in [0.15, 0.2) is 5.03 Å². The van der Waals surface area contributed by atoms with Crippen LogP contribution in [0.4, 0.5) is 15.8 Å². The molecule has 1 saturated heterocycles. The molecule has 2 heterocycles. The molecule has 0 bridgehead atoms. The summed E-state index contributed by atoms with van der Waals surface area (Å²) < 4.78 is 22.0. The maximum atomic E-state index is 13.4. The molecule has 6 rings (SSSR count). The number of nitrogens with one attached hydrogen (secondary N) is 2. The zero-order valence-electron chi connectivity index (χ0n) is 21.3. The summed E-state index contributed by atoms with van der Waals surface area (Å²) in [7, 11) is 1.83. The van der Waals surface area contributed by atoms with Gasteiger partial charge in [-0.25, -0.2) is 8.70 Å². The number of hydrogen-bond acceptors (Lipinski definition) is 7. The second kappa shape index (κ2) is 9.89. The van der Waals surface area contributed by atoms with E-state index in [0.717, 1.165) is 40.8 Å². The molecular weight excluding hydrogens is 499 g/mol. The number of hydrogen-bond donors (Lipinski definition) is 2. The van der Waals surface area contributed by atoms with Crippen molar-refractivity contribution in [3.05, 3.63) is 95.4 Å². The Bertz CT molecular complexity index is 1460. The van der Waals surface area contributed by atoms with Gasteiger partial charge in [-0.3, -0.25) is 0 Å². The van der Waals surface area contributed by atoms with Gasteiger partial charge in [0.05, 0.1) is 12.8 Å². The van der Waals surface area contributed by atoms with Crippen molar-refractivity contribution >= 4 is 29.5 Å². The topological polar surface area (TPSA) is 79.1 Å².